The Morgan fingerprint density at radius 1 is 1.48 bits per heavy atom. The molecule has 9 heteroatoms. The van der Waals surface area contributed by atoms with E-state index < -0.39 is 0 Å². The summed E-state index contributed by atoms with van der Waals surface area (Å²) in [4.78, 5) is 25.9. The highest BCUT2D eigenvalue weighted by atomic mass is 32.2. The fourth-order valence-corrected chi connectivity index (χ4v) is 5.48. The number of thioether (sulfide) groups is 1. The zero-order valence-corrected chi connectivity index (χ0v) is 16.5. The summed E-state index contributed by atoms with van der Waals surface area (Å²) in [6, 6.07) is 0. The van der Waals surface area contributed by atoms with E-state index in [4.69, 9.17) is 4.74 Å². The van der Waals surface area contributed by atoms with Gasteiger partial charge in [0.15, 0.2) is 4.34 Å². The highest BCUT2D eigenvalue weighted by Crippen LogP contribution is 2.40. The number of esters is 1. The van der Waals surface area contributed by atoms with Gasteiger partial charge in [0, 0.05) is 4.88 Å². The summed E-state index contributed by atoms with van der Waals surface area (Å²) in [7, 11) is 0. The number of amides is 1. The van der Waals surface area contributed by atoms with Gasteiger partial charge in [-0.15, -0.1) is 21.5 Å². The number of ether oxygens (including phenoxy) is 1. The van der Waals surface area contributed by atoms with Gasteiger partial charge in [-0.2, -0.15) is 0 Å². The molecule has 1 amide bonds. The van der Waals surface area contributed by atoms with E-state index in [0.717, 1.165) is 29.2 Å². The van der Waals surface area contributed by atoms with E-state index in [0.29, 0.717) is 23.1 Å². The highest BCUT2D eigenvalue weighted by molar-refractivity contribution is 8.01. The first-order chi connectivity index (χ1) is 12.1. The maximum atomic E-state index is 12.4. The third kappa shape index (κ3) is 4.39. The van der Waals surface area contributed by atoms with Crippen LogP contribution in [-0.2, 0) is 22.4 Å². The van der Waals surface area contributed by atoms with Crippen LogP contribution in [0.5, 0.6) is 0 Å². The summed E-state index contributed by atoms with van der Waals surface area (Å²) in [5.41, 5.74) is 3.23. The lowest BCUT2D eigenvalue weighted by Crippen LogP contribution is -2.17. The third-order valence-corrected chi connectivity index (χ3v) is 6.94. The second-order valence-electron chi connectivity index (χ2n) is 5.82. The lowest BCUT2D eigenvalue weighted by molar-refractivity contribution is -0.113. The lowest BCUT2D eigenvalue weighted by atomic mass is 9.88. The fourth-order valence-electron chi connectivity index (χ4n) is 2.77. The number of anilines is 1. The SMILES string of the molecule is CCOC(=O)c1c(NC(=O)CSc2nncs2)sc2c1CC[C@@H](C)C2. The number of nitrogens with one attached hydrogen (secondary N) is 1. The minimum absolute atomic E-state index is 0.155. The van der Waals surface area contributed by atoms with E-state index in [1.807, 2.05) is 0 Å². The monoisotopic (exact) mass is 397 g/mol. The first-order valence-corrected chi connectivity index (χ1v) is 10.8. The zero-order valence-electron chi connectivity index (χ0n) is 14.0. The van der Waals surface area contributed by atoms with Gasteiger partial charge in [-0.3, -0.25) is 4.79 Å². The van der Waals surface area contributed by atoms with Crippen LogP contribution in [0.1, 0.15) is 41.1 Å². The fraction of sp³-hybridized carbons (Fsp3) is 0.500. The van der Waals surface area contributed by atoms with Crippen molar-refractivity contribution in [2.24, 2.45) is 5.92 Å². The van der Waals surface area contributed by atoms with E-state index in [1.165, 1.54) is 39.3 Å². The van der Waals surface area contributed by atoms with Gasteiger partial charge >= 0.3 is 5.97 Å². The number of hydrogen-bond acceptors (Lipinski definition) is 8. The average Bonchev–Trinajstić information content (AvgIpc) is 3.19. The first-order valence-electron chi connectivity index (χ1n) is 8.09. The van der Waals surface area contributed by atoms with Gasteiger partial charge in [-0.25, -0.2) is 4.79 Å². The molecule has 1 aliphatic carbocycles. The molecule has 1 atom stereocenters. The van der Waals surface area contributed by atoms with Crippen molar-refractivity contribution in [3.8, 4) is 0 Å². The zero-order chi connectivity index (χ0) is 17.8. The number of rotatable bonds is 6. The summed E-state index contributed by atoms with van der Waals surface area (Å²) in [6.45, 7) is 4.32. The van der Waals surface area contributed by atoms with Crippen molar-refractivity contribution < 1.29 is 14.3 Å². The topological polar surface area (TPSA) is 81.2 Å². The summed E-state index contributed by atoms with van der Waals surface area (Å²) in [5, 5.41) is 11.2. The number of aromatic nitrogens is 2. The van der Waals surface area contributed by atoms with Crippen LogP contribution in [0.25, 0.3) is 0 Å². The molecule has 1 aliphatic rings. The molecule has 0 aliphatic heterocycles. The smallest absolute Gasteiger partial charge is 0.341 e. The molecule has 0 fully saturated rings. The van der Waals surface area contributed by atoms with Crippen molar-refractivity contribution in [3.05, 3.63) is 21.5 Å². The minimum atomic E-state index is -0.346. The lowest BCUT2D eigenvalue weighted by Gasteiger charge is -2.18. The standard InChI is InChI=1S/C16H19N3O3S3/c1-3-22-15(21)13-10-5-4-9(2)6-11(10)25-14(13)18-12(20)7-23-16-19-17-8-24-16/h8-9H,3-7H2,1-2H3,(H,18,20)/t9-/m1/s1. The van der Waals surface area contributed by atoms with Crippen LogP contribution in [0, 0.1) is 5.92 Å². The molecule has 0 saturated carbocycles. The van der Waals surface area contributed by atoms with E-state index >= 15 is 0 Å². The number of nitrogens with zero attached hydrogens (tertiary/aromatic N) is 2. The Balaban J connectivity index is 1.77. The number of thiophene rings is 1. The maximum Gasteiger partial charge on any atom is 0.341 e. The highest BCUT2D eigenvalue weighted by Gasteiger charge is 2.29. The number of carbonyl (C=O) groups excluding carboxylic acids is 2. The summed E-state index contributed by atoms with van der Waals surface area (Å²) in [6.07, 6.45) is 2.86. The Morgan fingerprint density at radius 2 is 2.32 bits per heavy atom. The molecule has 0 bridgehead atoms. The second kappa shape index (κ2) is 8.29. The Labute approximate surface area is 158 Å². The molecule has 2 aromatic rings. The molecule has 2 heterocycles. The van der Waals surface area contributed by atoms with Gasteiger partial charge in [-0.05, 0) is 37.7 Å². The molecule has 25 heavy (non-hydrogen) atoms. The maximum absolute atomic E-state index is 12.4. The molecular formula is C16H19N3O3S3. The Hall–Kier alpha value is -1.45. The quantitative estimate of drug-likeness (QED) is 0.592. The van der Waals surface area contributed by atoms with Crippen molar-refractivity contribution in [2.75, 3.05) is 17.7 Å². The van der Waals surface area contributed by atoms with Gasteiger partial charge in [0.05, 0.1) is 17.9 Å². The Kier molecular flexibility index (Phi) is 6.08. The van der Waals surface area contributed by atoms with E-state index in [9.17, 15) is 9.59 Å². The second-order valence-corrected chi connectivity index (χ2v) is 8.98. The molecule has 0 aromatic carbocycles. The Morgan fingerprint density at radius 3 is 3.04 bits per heavy atom. The average molecular weight is 398 g/mol. The molecule has 1 N–H and O–H groups in total. The van der Waals surface area contributed by atoms with Crippen molar-refractivity contribution in [2.45, 2.75) is 37.4 Å². The minimum Gasteiger partial charge on any atom is -0.462 e. The predicted octanol–water partition coefficient (Wildman–Crippen LogP) is 3.63. The van der Waals surface area contributed by atoms with Crippen LogP contribution < -0.4 is 5.32 Å². The third-order valence-electron chi connectivity index (χ3n) is 3.91. The van der Waals surface area contributed by atoms with Gasteiger partial charge in [0.2, 0.25) is 5.91 Å². The first kappa shape index (κ1) is 18.3. The molecular weight excluding hydrogens is 378 g/mol. The van der Waals surface area contributed by atoms with Crippen molar-refractivity contribution in [1.82, 2.24) is 10.2 Å². The Bertz CT molecular complexity index is 758. The molecule has 0 spiro atoms. The summed E-state index contributed by atoms with van der Waals surface area (Å²) < 4.78 is 5.96. The van der Waals surface area contributed by atoms with Crippen molar-refractivity contribution in [3.63, 3.8) is 0 Å². The molecule has 0 saturated heterocycles. The van der Waals surface area contributed by atoms with Crippen LogP contribution in [0.15, 0.2) is 9.85 Å². The molecule has 3 rings (SSSR count). The van der Waals surface area contributed by atoms with E-state index in [-0.39, 0.29) is 17.6 Å². The largest absolute Gasteiger partial charge is 0.462 e. The van der Waals surface area contributed by atoms with Crippen LogP contribution in [0.4, 0.5) is 5.00 Å². The van der Waals surface area contributed by atoms with E-state index in [1.54, 1.807) is 12.4 Å². The molecule has 2 aromatic heterocycles. The van der Waals surface area contributed by atoms with Crippen LogP contribution in [0.2, 0.25) is 0 Å². The number of carbonyl (C=O) groups is 2. The van der Waals surface area contributed by atoms with Crippen molar-refractivity contribution in [1.29, 1.82) is 0 Å². The predicted molar refractivity (Wildman–Crippen MR) is 101 cm³/mol. The summed E-state index contributed by atoms with van der Waals surface area (Å²) >= 11 is 4.24. The number of hydrogen-bond donors (Lipinski definition) is 1. The van der Waals surface area contributed by atoms with Gasteiger partial charge in [0.1, 0.15) is 10.5 Å². The van der Waals surface area contributed by atoms with E-state index in [2.05, 4.69) is 22.4 Å². The van der Waals surface area contributed by atoms with Crippen molar-refractivity contribution >= 4 is 51.3 Å². The van der Waals surface area contributed by atoms with Crippen LogP contribution in [0.3, 0.4) is 0 Å². The van der Waals surface area contributed by atoms with Gasteiger partial charge < -0.3 is 10.1 Å². The summed E-state index contributed by atoms with van der Waals surface area (Å²) in [5.74, 6) is 0.327. The normalized spacial score (nSPS) is 16.3. The van der Waals surface area contributed by atoms with Gasteiger partial charge in [0.25, 0.3) is 0 Å². The van der Waals surface area contributed by atoms with Crippen LogP contribution >= 0.6 is 34.4 Å². The molecule has 0 unspecified atom stereocenters. The molecule has 6 nitrogen and oxygen atoms in total. The number of fused-ring (bicyclic) bond motifs is 1. The molecule has 134 valence electrons. The molecule has 0 radical (unpaired) electrons. The van der Waals surface area contributed by atoms with Crippen LogP contribution in [-0.4, -0.2) is 34.4 Å². The van der Waals surface area contributed by atoms with Gasteiger partial charge in [-0.1, -0.05) is 30.0 Å².